The number of anilines is 3. The van der Waals surface area contributed by atoms with Gasteiger partial charge in [0.05, 0.1) is 18.0 Å². The SMILES string of the molecule is COC(=O)C1CCN(c2ncnc(Nc3ccc(Cl)cc3C)c2[N+](=O)[O-])CC1. The minimum Gasteiger partial charge on any atom is -0.469 e. The lowest BCUT2D eigenvalue weighted by atomic mass is 9.97. The van der Waals surface area contributed by atoms with Gasteiger partial charge in [-0.25, -0.2) is 9.97 Å². The zero-order valence-electron chi connectivity index (χ0n) is 15.5. The summed E-state index contributed by atoms with van der Waals surface area (Å²) in [6.07, 6.45) is 2.39. The van der Waals surface area contributed by atoms with Gasteiger partial charge in [-0.05, 0) is 43.5 Å². The number of hydrogen-bond donors (Lipinski definition) is 1. The number of hydrogen-bond acceptors (Lipinski definition) is 8. The van der Waals surface area contributed by atoms with E-state index in [9.17, 15) is 14.9 Å². The molecule has 0 unspecified atom stereocenters. The van der Waals surface area contributed by atoms with Gasteiger partial charge in [-0.3, -0.25) is 14.9 Å². The molecule has 2 heterocycles. The van der Waals surface area contributed by atoms with Crippen molar-refractivity contribution in [3.63, 3.8) is 0 Å². The van der Waals surface area contributed by atoms with Gasteiger partial charge in [-0.15, -0.1) is 0 Å². The Morgan fingerprint density at radius 1 is 1.36 bits per heavy atom. The van der Waals surface area contributed by atoms with Crippen LogP contribution >= 0.6 is 11.6 Å². The number of aryl methyl sites for hydroxylation is 1. The molecule has 10 heteroatoms. The highest BCUT2D eigenvalue weighted by atomic mass is 35.5. The van der Waals surface area contributed by atoms with Crippen molar-refractivity contribution in [2.75, 3.05) is 30.4 Å². The molecular formula is C18H20ClN5O4. The zero-order valence-corrected chi connectivity index (χ0v) is 16.3. The molecule has 0 spiro atoms. The van der Waals surface area contributed by atoms with Crippen LogP contribution < -0.4 is 10.2 Å². The summed E-state index contributed by atoms with van der Waals surface area (Å²) in [5.41, 5.74) is 1.30. The van der Waals surface area contributed by atoms with Crippen LogP contribution in [0.5, 0.6) is 0 Å². The molecule has 1 aliphatic heterocycles. The number of halogens is 1. The van der Waals surface area contributed by atoms with E-state index in [0.29, 0.717) is 36.6 Å². The van der Waals surface area contributed by atoms with Crippen molar-refractivity contribution in [3.05, 3.63) is 45.2 Å². The topological polar surface area (TPSA) is 110 Å². The van der Waals surface area contributed by atoms with Crippen LogP contribution in [0.4, 0.5) is 23.0 Å². The van der Waals surface area contributed by atoms with E-state index in [4.69, 9.17) is 16.3 Å². The van der Waals surface area contributed by atoms with Crippen LogP contribution in [0.3, 0.4) is 0 Å². The van der Waals surface area contributed by atoms with E-state index in [1.165, 1.54) is 13.4 Å². The van der Waals surface area contributed by atoms with Gasteiger partial charge >= 0.3 is 11.7 Å². The highest BCUT2D eigenvalue weighted by Gasteiger charge is 2.32. The maximum absolute atomic E-state index is 11.8. The van der Waals surface area contributed by atoms with E-state index in [2.05, 4.69) is 15.3 Å². The normalized spacial score (nSPS) is 14.6. The predicted octanol–water partition coefficient (Wildman–Crippen LogP) is 3.48. The minimum atomic E-state index is -0.491. The molecule has 28 heavy (non-hydrogen) atoms. The van der Waals surface area contributed by atoms with E-state index in [1.807, 2.05) is 6.92 Å². The first kappa shape index (κ1) is 19.8. The number of nitrogens with one attached hydrogen (secondary N) is 1. The summed E-state index contributed by atoms with van der Waals surface area (Å²) in [6.45, 7) is 2.79. The fourth-order valence-corrected chi connectivity index (χ4v) is 3.48. The van der Waals surface area contributed by atoms with E-state index in [0.717, 1.165) is 5.56 Å². The Morgan fingerprint density at radius 2 is 2.07 bits per heavy atom. The Balaban J connectivity index is 1.88. The molecule has 2 aromatic rings. The Kier molecular flexibility index (Phi) is 5.93. The average Bonchev–Trinajstić information content (AvgIpc) is 2.69. The Bertz CT molecular complexity index is 900. The first-order chi connectivity index (χ1) is 13.4. The van der Waals surface area contributed by atoms with Crippen molar-refractivity contribution in [1.82, 2.24) is 9.97 Å². The van der Waals surface area contributed by atoms with Crippen LogP contribution in [-0.4, -0.2) is 41.1 Å². The average molecular weight is 406 g/mol. The van der Waals surface area contributed by atoms with Gasteiger partial charge < -0.3 is 15.0 Å². The smallest absolute Gasteiger partial charge is 0.353 e. The van der Waals surface area contributed by atoms with Gasteiger partial charge in [0.1, 0.15) is 6.33 Å². The van der Waals surface area contributed by atoms with Gasteiger partial charge in [0.15, 0.2) is 0 Å². The molecule has 1 N–H and O–H groups in total. The quantitative estimate of drug-likeness (QED) is 0.457. The van der Waals surface area contributed by atoms with Crippen molar-refractivity contribution >= 4 is 40.6 Å². The number of piperidine rings is 1. The largest absolute Gasteiger partial charge is 0.469 e. The second-order valence-corrected chi connectivity index (χ2v) is 6.96. The van der Waals surface area contributed by atoms with Crippen molar-refractivity contribution in [2.45, 2.75) is 19.8 Å². The lowest BCUT2D eigenvalue weighted by Crippen LogP contribution is -2.37. The van der Waals surface area contributed by atoms with Crippen molar-refractivity contribution in [2.24, 2.45) is 5.92 Å². The van der Waals surface area contributed by atoms with Crippen molar-refractivity contribution in [3.8, 4) is 0 Å². The van der Waals surface area contributed by atoms with Gasteiger partial charge in [0.25, 0.3) is 0 Å². The second-order valence-electron chi connectivity index (χ2n) is 6.52. The summed E-state index contributed by atoms with van der Waals surface area (Å²) >= 11 is 5.97. The molecule has 1 fully saturated rings. The van der Waals surface area contributed by atoms with E-state index in [1.54, 1.807) is 23.1 Å². The maximum Gasteiger partial charge on any atom is 0.353 e. The number of benzene rings is 1. The van der Waals surface area contributed by atoms with Crippen molar-refractivity contribution < 1.29 is 14.5 Å². The van der Waals surface area contributed by atoms with Gasteiger partial charge in [-0.1, -0.05) is 11.6 Å². The lowest BCUT2D eigenvalue weighted by molar-refractivity contribution is -0.383. The summed E-state index contributed by atoms with van der Waals surface area (Å²) in [6, 6.07) is 5.20. The third kappa shape index (κ3) is 4.14. The second kappa shape index (κ2) is 8.39. The number of esters is 1. The molecule has 0 aliphatic carbocycles. The monoisotopic (exact) mass is 405 g/mol. The van der Waals surface area contributed by atoms with Crippen LogP contribution in [0.25, 0.3) is 0 Å². The molecule has 0 atom stereocenters. The predicted molar refractivity (Wildman–Crippen MR) is 105 cm³/mol. The molecule has 0 amide bonds. The molecule has 1 aromatic carbocycles. The van der Waals surface area contributed by atoms with E-state index < -0.39 is 4.92 Å². The highest BCUT2D eigenvalue weighted by molar-refractivity contribution is 6.30. The third-order valence-electron chi connectivity index (χ3n) is 4.76. The summed E-state index contributed by atoms with van der Waals surface area (Å²) in [5.74, 6) is -0.109. The fourth-order valence-electron chi connectivity index (χ4n) is 3.25. The van der Waals surface area contributed by atoms with E-state index >= 15 is 0 Å². The maximum atomic E-state index is 11.8. The molecule has 0 radical (unpaired) electrons. The number of carbonyl (C=O) groups is 1. The number of ether oxygens (including phenoxy) is 1. The van der Waals surface area contributed by atoms with Gasteiger partial charge in [0.2, 0.25) is 11.6 Å². The van der Waals surface area contributed by atoms with Crippen LogP contribution in [0.2, 0.25) is 5.02 Å². The number of carbonyl (C=O) groups excluding carboxylic acids is 1. The first-order valence-electron chi connectivity index (χ1n) is 8.76. The third-order valence-corrected chi connectivity index (χ3v) is 4.99. The van der Waals surface area contributed by atoms with Crippen LogP contribution in [0.1, 0.15) is 18.4 Å². The summed E-state index contributed by atoms with van der Waals surface area (Å²) in [4.78, 5) is 33.0. The van der Waals surface area contributed by atoms with Crippen LogP contribution in [0.15, 0.2) is 24.5 Å². The summed E-state index contributed by atoms with van der Waals surface area (Å²) in [5, 5.41) is 15.4. The molecule has 9 nitrogen and oxygen atoms in total. The fraction of sp³-hybridized carbons (Fsp3) is 0.389. The standard InChI is InChI=1S/C18H20ClN5O4/c1-11-9-13(19)3-4-14(11)22-16-15(24(26)27)17(21-10-20-16)23-7-5-12(6-8-23)18(25)28-2/h3-4,9-10,12H,5-8H2,1-2H3,(H,20,21,22). The Morgan fingerprint density at radius 3 is 2.68 bits per heavy atom. The zero-order chi connectivity index (χ0) is 20.3. The molecular weight excluding hydrogens is 386 g/mol. The van der Waals surface area contributed by atoms with Crippen LogP contribution in [0, 0.1) is 23.0 Å². The summed E-state index contributed by atoms with van der Waals surface area (Å²) < 4.78 is 4.79. The molecule has 0 saturated carbocycles. The number of aromatic nitrogens is 2. The highest BCUT2D eigenvalue weighted by Crippen LogP contribution is 2.36. The number of nitro groups is 1. The Labute approximate surface area is 166 Å². The molecule has 1 aromatic heterocycles. The minimum absolute atomic E-state index is 0.107. The number of nitrogens with zero attached hydrogens (tertiary/aromatic N) is 4. The van der Waals surface area contributed by atoms with Gasteiger partial charge in [0, 0.05) is 23.8 Å². The Hall–Kier alpha value is -2.94. The molecule has 3 rings (SSSR count). The molecule has 148 valence electrons. The molecule has 0 bridgehead atoms. The van der Waals surface area contributed by atoms with E-state index in [-0.39, 0.29) is 29.2 Å². The molecule has 1 saturated heterocycles. The summed E-state index contributed by atoms with van der Waals surface area (Å²) in [7, 11) is 1.36. The van der Waals surface area contributed by atoms with Crippen molar-refractivity contribution in [1.29, 1.82) is 0 Å². The first-order valence-corrected chi connectivity index (χ1v) is 9.14. The number of methoxy groups -OCH3 is 1. The molecule has 1 aliphatic rings. The van der Waals surface area contributed by atoms with Crippen LogP contribution in [-0.2, 0) is 9.53 Å². The lowest BCUT2D eigenvalue weighted by Gasteiger charge is -2.31. The van der Waals surface area contributed by atoms with Gasteiger partial charge in [-0.2, -0.15) is 0 Å². The number of rotatable bonds is 5.